The lowest BCUT2D eigenvalue weighted by molar-refractivity contribution is 0.00640. The van der Waals surface area contributed by atoms with Crippen molar-refractivity contribution in [1.82, 2.24) is 4.90 Å². The molecule has 0 spiro atoms. The number of benzene rings is 3. The van der Waals surface area contributed by atoms with E-state index in [-0.39, 0.29) is 11.8 Å². The van der Waals surface area contributed by atoms with Gasteiger partial charge < -0.3 is 5.11 Å². The van der Waals surface area contributed by atoms with Crippen LogP contribution >= 0.6 is 0 Å². The van der Waals surface area contributed by atoms with Crippen LogP contribution < -0.4 is 4.90 Å². The maximum Gasteiger partial charge on any atom is 0.331 e. The zero-order valence-electron chi connectivity index (χ0n) is 15.7. The molecular weight excluding hydrogens is 355 g/mol. The van der Waals surface area contributed by atoms with Gasteiger partial charge >= 0.3 is 6.03 Å². The minimum absolute atomic E-state index is 0.327. The number of aliphatic hydroxyl groups excluding tert-OH is 1. The molecule has 142 valence electrons. The van der Waals surface area contributed by atoms with Crippen molar-refractivity contribution in [2.24, 2.45) is 0 Å². The Kier molecular flexibility index (Phi) is 4.61. The summed E-state index contributed by atoms with van der Waals surface area (Å²) in [5.74, 6) is -0.339. The smallest absolute Gasteiger partial charge is 0.331 e. The van der Waals surface area contributed by atoms with E-state index in [4.69, 9.17) is 0 Å². The normalized spacial score (nSPS) is 17.4. The molecule has 0 aromatic heterocycles. The number of fused-ring (bicyclic) bond motifs is 1. The molecule has 0 saturated heterocycles. The summed E-state index contributed by atoms with van der Waals surface area (Å²) in [6.45, 7) is 3.78. The van der Waals surface area contributed by atoms with E-state index in [1.54, 1.807) is 17.0 Å². The molecule has 28 heavy (non-hydrogen) atoms. The molecule has 3 aromatic rings. The van der Waals surface area contributed by atoms with Gasteiger partial charge in [-0.25, -0.2) is 9.18 Å². The molecule has 0 saturated carbocycles. The Balaban J connectivity index is 1.84. The first-order valence-corrected chi connectivity index (χ1v) is 9.19. The lowest BCUT2D eigenvalue weighted by atomic mass is 9.99. The van der Waals surface area contributed by atoms with Crippen LogP contribution in [-0.2, 0) is 0 Å². The van der Waals surface area contributed by atoms with Gasteiger partial charge in [-0.3, -0.25) is 9.80 Å². The monoisotopic (exact) mass is 376 g/mol. The number of urea groups is 1. The van der Waals surface area contributed by atoms with Crippen molar-refractivity contribution in [3.05, 3.63) is 95.3 Å². The van der Waals surface area contributed by atoms with Crippen LogP contribution in [0.4, 0.5) is 20.6 Å². The number of rotatable bonds is 3. The Morgan fingerprint density at radius 2 is 1.68 bits per heavy atom. The average Bonchev–Trinajstić information content (AvgIpc) is 2.70. The largest absolute Gasteiger partial charge is 0.369 e. The molecule has 3 aromatic carbocycles. The number of para-hydroxylation sites is 1. The fraction of sp³-hybridized carbons (Fsp3) is 0.174. The topological polar surface area (TPSA) is 43.8 Å². The van der Waals surface area contributed by atoms with Crippen molar-refractivity contribution < 1.29 is 14.3 Å². The molecule has 0 fully saturated rings. The van der Waals surface area contributed by atoms with Crippen LogP contribution in [0.3, 0.4) is 0 Å². The summed E-state index contributed by atoms with van der Waals surface area (Å²) >= 11 is 0. The lowest BCUT2D eigenvalue weighted by Gasteiger charge is -2.43. The highest BCUT2D eigenvalue weighted by molar-refractivity contribution is 6.02. The van der Waals surface area contributed by atoms with Gasteiger partial charge in [0.25, 0.3) is 0 Å². The van der Waals surface area contributed by atoms with E-state index in [1.165, 1.54) is 17.0 Å². The van der Waals surface area contributed by atoms with Gasteiger partial charge in [0.2, 0.25) is 0 Å². The van der Waals surface area contributed by atoms with Gasteiger partial charge in [-0.1, -0.05) is 42.0 Å². The number of aryl methyl sites for hydroxylation is 1. The molecule has 0 aliphatic carbocycles. The van der Waals surface area contributed by atoms with Crippen molar-refractivity contribution in [2.75, 3.05) is 4.90 Å². The van der Waals surface area contributed by atoms with Crippen LogP contribution in [0.25, 0.3) is 0 Å². The number of hydrogen-bond donors (Lipinski definition) is 1. The molecule has 2 unspecified atom stereocenters. The number of anilines is 2. The molecule has 1 aliphatic rings. The Labute approximate surface area is 163 Å². The van der Waals surface area contributed by atoms with Crippen molar-refractivity contribution in [2.45, 2.75) is 26.1 Å². The van der Waals surface area contributed by atoms with E-state index in [1.807, 2.05) is 62.4 Å². The predicted octanol–water partition coefficient (Wildman–Crippen LogP) is 5.46. The number of carbonyl (C=O) groups excluding carboxylic acids is 1. The summed E-state index contributed by atoms with van der Waals surface area (Å²) in [7, 11) is 0. The van der Waals surface area contributed by atoms with Gasteiger partial charge in [-0.2, -0.15) is 0 Å². The number of hydrogen-bond acceptors (Lipinski definition) is 2. The number of halogens is 1. The molecule has 2 amide bonds. The summed E-state index contributed by atoms with van der Waals surface area (Å²) in [5, 5.41) is 11.1. The molecule has 1 heterocycles. The van der Waals surface area contributed by atoms with Crippen LogP contribution in [0.5, 0.6) is 0 Å². The predicted molar refractivity (Wildman–Crippen MR) is 107 cm³/mol. The summed E-state index contributed by atoms with van der Waals surface area (Å²) in [4.78, 5) is 16.5. The number of nitrogens with zero attached hydrogens (tertiary/aromatic N) is 2. The van der Waals surface area contributed by atoms with Crippen LogP contribution in [0, 0.1) is 12.7 Å². The highest BCUT2D eigenvalue weighted by atomic mass is 19.1. The fourth-order valence-corrected chi connectivity index (χ4v) is 3.66. The van der Waals surface area contributed by atoms with Crippen molar-refractivity contribution in [3.8, 4) is 0 Å². The van der Waals surface area contributed by atoms with Gasteiger partial charge in [0.15, 0.2) is 6.23 Å². The zero-order valence-corrected chi connectivity index (χ0v) is 15.7. The number of aliphatic hydroxyl groups is 1. The fourth-order valence-electron chi connectivity index (χ4n) is 3.66. The van der Waals surface area contributed by atoms with Gasteiger partial charge in [-0.15, -0.1) is 0 Å². The Morgan fingerprint density at radius 3 is 2.36 bits per heavy atom. The van der Waals surface area contributed by atoms with E-state index in [0.29, 0.717) is 11.3 Å². The van der Waals surface area contributed by atoms with Gasteiger partial charge in [0.1, 0.15) is 5.82 Å². The van der Waals surface area contributed by atoms with E-state index in [2.05, 4.69) is 0 Å². The Morgan fingerprint density at radius 1 is 1.00 bits per heavy atom. The summed E-state index contributed by atoms with van der Waals surface area (Å²) in [6, 6.07) is 20.3. The maximum atomic E-state index is 13.5. The third kappa shape index (κ3) is 3.04. The van der Waals surface area contributed by atoms with E-state index in [0.717, 1.165) is 16.8 Å². The average molecular weight is 376 g/mol. The van der Waals surface area contributed by atoms with Gasteiger partial charge in [0, 0.05) is 5.56 Å². The van der Waals surface area contributed by atoms with Gasteiger partial charge in [0.05, 0.1) is 17.4 Å². The number of amides is 2. The second kappa shape index (κ2) is 7.09. The molecule has 1 N–H and O–H groups in total. The molecule has 2 atom stereocenters. The SMILES string of the molecule is Cc1ccc2c(c1)C(O)N(C(C)c1ccc(F)cc1)C(=O)N2c1ccccc1. The van der Waals surface area contributed by atoms with Gasteiger partial charge in [-0.05, 0) is 55.8 Å². The molecule has 0 bridgehead atoms. The summed E-state index contributed by atoms with van der Waals surface area (Å²) in [6.07, 6.45) is -1.09. The van der Waals surface area contributed by atoms with E-state index >= 15 is 0 Å². The third-order valence-electron chi connectivity index (χ3n) is 5.16. The lowest BCUT2D eigenvalue weighted by Crippen LogP contribution is -2.48. The van der Waals surface area contributed by atoms with Crippen molar-refractivity contribution >= 4 is 17.4 Å². The first kappa shape index (κ1) is 18.2. The molecule has 4 nitrogen and oxygen atoms in total. The highest BCUT2D eigenvalue weighted by Crippen LogP contribution is 2.43. The second-order valence-electron chi connectivity index (χ2n) is 7.02. The molecular formula is C23H21FN2O2. The summed E-state index contributed by atoms with van der Waals surface area (Å²) in [5.41, 5.74) is 3.79. The third-order valence-corrected chi connectivity index (χ3v) is 5.16. The minimum atomic E-state index is -1.09. The Bertz CT molecular complexity index is 1000. The van der Waals surface area contributed by atoms with Crippen LogP contribution in [0.1, 0.15) is 35.9 Å². The quantitative estimate of drug-likeness (QED) is 0.660. The van der Waals surface area contributed by atoms with Crippen LogP contribution in [0.2, 0.25) is 0 Å². The first-order valence-electron chi connectivity index (χ1n) is 9.19. The molecule has 5 heteroatoms. The minimum Gasteiger partial charge on any atom is -0.369 e. The molecule has 4 rings (SSSR count). The van der Waals surface area contributed by atoms with Crippen LogP contribution in [0.15, 0.2) is 72.8 Å². The van der Waals surface area contributed by atoms with Crippen LogP contribution in [-0.4, -0.2) is 16.0 Å². The van der Waals surface area contributed by atoms with E-state index in [9.17, 15) is 14.3 Å². The Hall–Kier alpha value is -3.18. The standard InChI is InChI=1S/C23H21FN2O2/c1-15-8-13-21-20(14-15)22(27)25(16(2)17-9-11-18(24)12-10-17)23(28)26(21)19-6-4-3-5-7-19/h3-14,16,22,27H,1-2H3. The second-order valence-corrected chi connectivity index (χ2v) is 7.02. The first-order chi connectivity index (χ1) is 13.5. The van der Waals surface area contributed by atoms with Crippen molar-refractivity contribution in [3.63, 3.8) is 0 Å². The molecule has 1 aliphatic heterocycles. The van der Waals surface area contributed by atoms with E-state index < -0.39 is 12.3 Å². The molecule has 0 radical (unpaired) electrons. The highest BCUT2D eigenvalue weighted by Gasteiger charge is 2.40. The number of carbonyl (C=O) groups is 1. The van der Waals surface area contributed by atoms with Crippen molar-refractivity contribution in [1.29, 1.82) is 0 Å². The maximum absolute atomic E-state index is 13.5. The summed E-state index contributed by atoms with van der Waals surface area (Å²) < 4.78 is 13.3. The zero-order chi connectivity index (χ0) is 19.8.